The second kappa shape index (κ2) is 7.89. The van der Waals surface area contributed by atoms with Crippen molar-refractivity contribution in [2.75, 3.05) is 13.2 Å². The summed E-state index contributed by atoms with van der Waals surface area (Å²) < 4.78 is 0. The van der Waals surface area contributed by atoms with Gasteiger partial charge in [0.1, 0.15) is 5.82 Å². The second-order valence-electron chi connectivity index (χ2n) is 8.63. The Morgan fingerprint density at radius 3 is 2.58 bits per heavy atom. The maximum atomic E-state index is 10.3. The normalized spacial score (nSPS) is 27.8. The Hall–Kier alpha value is -1.04. The van der Waals surface area contributed by atoms with Crippen LogP contribution in [0.2, 0.25) is 0 Å². The van der Waals surface area contributed by atoms with Gasteiger partial charge in [0, 0.05) is 42.9 Å². The Morgan fingerprint density at radius 1 is 1.29 bits per heavy atom. The SMILES string of the molecule is CC(C)c1nccc(CC2C(NCC(C)(C)C)CC(O)C2CO)n1. The molecule has 4 unspecified atom stereocenters. The zero-order chi connectivity index (χ0) is 17.9. The van der Waals surface area contributed by atoms with Crippen LogP contribution in [0.5, 0.6) is 0 Å². The second-order valence-corrected chi connectivity index (χ2v) is 8.63. The van der Waals surface area contributed by atoms with Crippen molar-refractivity contribution in [3.63, 3.8) is 0 Å². The van der Waals surface area contributed by atoms with E-state index in [2.05, 4.69) is 49.9 Å². The number of nitrogens with zero attached hydrogens (tertiary/aromatic N) is 2. The predicted molar refractivity (Wildman–Crippen MR) is 95.8 cm³/mol. The van der Waals surface area contributed by atoms with Crippen LogP contribution in [0.1, 0.15) is 58.5 Å². The van der Waals surface area contributed by atoms with E-state index in [0.717, 1.165) is 24.5 Å². The average molecular weight is 335 g/mol. The van der Waals surface area contributed by atoms with Gasteiger partial charge in [-0.25, -0.2) is 9.97 Å². The van der Waals surface area contributed by atoms with Crippen LogP contribution < -0.4 is 5.32 Å². The fourth-order valence-electron chi connectivity index (χ4n) is 3.46. The van der Waals surface area contributed by atoms with E-state index in [1.54, 1.807) is 0 Å². The summed E-state index contributed by atoms with van der Waals surface area (Å²) >= 11 is 0. The minimum Gasteiger partial charge on any atom is -0.396 e. The molecule has 24 heavy (non-hydrogen) atoms. The third-order valence-corrected chi connectivity index (χ3v) is 4.85. The highest BCUT2D eigenvalue weighted by atomic mass is 16.3. The highest BCUT2D eigenvalue weighted by molar-refractivity contribution is 5.09. The summed E-state index contributed by atoms with van der Waals surface area (Å²) in [4.78, 5) is 9.00. The van der Waals surface area contributed by atoms with Gasteiger partial charge < -0.3 is 15.5 Å². The lowest BCUT2D eigenvalue weighted by atomic mass is 9.88. The lowest BCUT2D eigenvalue weighted by molar-refractivity contribution is 0.0715. The molecule has 1 aromatic heterocycles. The smallest absolute Gasteiger partial charge is 0.131 e. The minimum absolute atomic E-state index is 0.0155. The summed E-state index contributed by atoms with van der Waals surface area (Å²) in [5.41, 5.74) is 1.18. The van der Waals surface area contributed by atoms with E-state index >= 15 is 0 Å². The van der Waals surface area contributed by atoms with E-state index in [1.165, 1.54) is 0 Å². The maximum absolute atomic E-state index is 10.3. The fourth-order valence-corrected chi connectivity index (χ4v) is 3.46. The van der Waals surface area contributed by atoms with Crippen LogP contribution >= 0.6 is 0 Å². The Balaban J connectivity index is 2.14. The lowest BCUT2D eigenvalue weighted by Gasteiger charge is -2.28. The number of rotatable bonds is 6. The molecule has 1 aliphatic carbocycles. The number of nitrogens with one attached hydrogen (secondary N) is 1. The van der Waals surface area contributed by atoms with Crippen molar-refractivity contribution in [3.8, 4) is 0 Å². The first-order valence-electron chi connectivity index (χ1n) is 9.05. The van der Waals surface area contributed by atoms with E-state index in [-0.39, 0.29) is 29.9 Å². The number of hydrogen-bond acceptors (Lipinski definition) is 5. The van der Waals surface area contributed by atoms with E-state index in [0.29, 0.717) is 12.3 Å². The van der Waals surface area contributed by atoms with Crippen molar-refractivity contribution in [1.82, 2.24) is 15.3 Å². The molecule has 2 rings (SSSR count). The molecule has 0 radical (unpaired) electrons. The molecule has 0 amide bonds. The van der Waals surface area contributed by atoms with Crippen LogP contribution in [0.4, 0.5) is 0 Å². The maximum Gasteiger partial charge on any atom is 0.131 e. The molecule has 3 N–H and O–H groups in total. The van der Waals surface area contributed by atoms with Crippen LogP contribution in [0.25, 0.3) is 0 Å². The van der Waals surface area contributed by atoms with Gasteiger partial charge >= 0.3 is 0 Å². The third-order valence-electron chi connectivity index (χ3n) is 4.85. The van der Waals surface area contributed by atoms with Crippen molar-refractivity contribution in [3.05, 3.63) is 23.8 Å². The Morgan fingerprint density at radius 2 is 2.00 bits per heavy atom. The summed E-state index contributed by atoms with van der Waals surface area (Å²) in [6.07, 6.45) is 2.80. The van der Waals surface area contributed by atoms with E-state index < -0.39 is 6.10 Å². The van der Waals surface area contributed by atoms with Crippen LogP contribution in [0, 0.1) is 17.3 Å². The number of aromatic nitrogens is 2. The monoisotopic (exact) mass is 335 g/mol. The molecule has 5 heteroatoms. The molecule has 0 saturated heterocycles. The molecule has 0 spiro atoms. The first-order valence-corrected chi connectivity index (χ1v) is 9.05. The zero-order valence-electron chi connectivity index (χ0n) is 15.7. The molecule has 136 valence electrons. The molecule has 0 aliphatic heterocycles. The largest absolute Gasteiger partial charge is 0.396 e. The molecule has 0 bridgehead atoms. The van der Waals surface area contributed by atoms with E-state index in [1.807, 2.05) is 12.3 Å². The lowest BCUT2D eigenvalue weighted by Crippen LogP contribution is -2.40. The van der Waals surface area contributed by atoms with Gasteiger partial charge in [-0.1, -0.05) is 34.6 Å². The highest BCUT2D eigenvalue weighted by Gasteiger charge is 2.42. The molecule has 1 aliphatic rings. The average Bonchev–Trinajstić information content (AvgIpc) is 2.80. The molecule has 1 fully saturated rings. The number of aliphatic hydroxyl groups is 2. The first-order chi connectivity index (χ1) is 11.2. The minimum atomic E-state index is -0.455. The number of hydrogen-bond donors (Lipinski definition) is 3. The van der Waals surface area contributed by atoms with Crippen LogP contribution in [-0.2, 0) is 6.42 Å². The topological polar surface area (TPSA) is 78.3 Å². The summed E-state index contributed by atoms with van der Waals surface area (Å²) in [6.45, 7) is 11.7. The number of aliphatic hydroxyl groups excluding tert-OH is 2. The molecular formula is C19H33N3O2. The van der Waals surface area contributed by atoms with E-state index in [4.69, 9.17) is 0 Å². The third kappa shape index (κ3) is 4.98. The fraction of sp³-hybridized carbons (Fsp3) is 0.789. The van der Waals surface area contributed by atoms with Crippen LogP contribution in [-0.4, -0.2) is 45.5 Å². The summed E-state index contributed by atoms with van der Waals surface area (Å²) in [5.74, 6) is 1.23. The predicted octanol–water partition coefficient (Wildman–Crippen LogP) is 2.14. The Kier molecular flexibility index (Phi) is 6.34. The molecule has 1 aromatic rings. The molecule has 1 saturated carbocycles. The summed E-state index contributed by atoms with van der Waals surface area (Å²) in [5, 5.41) is 23.7. The van der Waals surface area contributed by atoms with Gasteiger partial charge in [0.2, 0.25) is 0 Å². The van der Waals surface area contributed by atoms with Crippen molar-refractivity contribution in [2.24, 2.45) is 17.3 Å². The Bertz CT molecular complexity index is 528. The van der Waals surface area contributed by atoms with Gasteiger partial charge in [0.15, 0.2) is 0 Å². The van der Waals surface area contributed by atoms with Crippen molar-refractivity contribution >= 4 is 0 Å². The van der Waals surface area contributed by atoms with E-state index in [9.17, 15) is 10.2 Å². The van der Waals surface area contributed by atoms with Crippen molar-refractivity contribution in [2.45, 2.75) is 65.5 Å². The van der Waals surface area contributed by atoms with Gasteiger partial charge in [0.25, 0.3) is 0 Å². The van der Waals surface area contributed by atoms with Gasteiger partial charge in [-0.15, -0.1) is 0 Å². The van der Waals surface area contributed by atoms with Gasteiger partial charge in [-0.2, -0.15) is 0 Å². The van der Waals surface area contributed by atoms with Crippen molar-refractivity contribution in [1.29, 1.82) is 0 Å². The van der Waals surface area contributed by atoms with Crippen LogP contribution in [0.15, 0.2) is 12.3 Å². The summed E-state index contributed by atoms with van der Waals surface area (Å²) in [6, 6.07) is 2.15. The van der Waals surface area contributed by atoms with Crippen molar-refractivity contribution < 1.29 is 10.2 Å². The quantitative estimate of drug-likeness (QED) is 0.742. The van der Waals surface area contributed by atoms with Gasteiger partial charge in [-0.3, -0.25) is 0 Å². The molecular weight excluding hydrogens is 302 g/mol. The van der Waals surface area contributed by atoms with Gasteiger partial charge in [-0.05, 0) is 30.2 Å². The first kappa shape index (κ1) is 19.3. The summed E-state index contributed by atoms with van der Waals surface area (Å²) in [7, 11) is 0. The molecule has 1 heterocycles. The van der Waals surface area contributed by atoms with Crippen LogP contribution in [0.3, 0.4) is 0 Å². The molecule has 0 aromatic carbocycles. The zero-order valence-corrected chi connectivity index (χ0v) is 15.7. The molecule has 5 nitrogen and oxygen atoms in total. The van der Waals surface area contributed by atoms with Gasteiger partial charge in [0.05, 0.1) is 6.10 Å². The standard InChI is InChI=1S/C19H33N3O2/c1-12(2)18-20-7-6-13(22-18)8-14-15(10-23)17(24)9-16(14)21-11-19(3,4)5/h6-7,12,14-17,21,23-24H,8-11H2,1-5H3. The Labute approximate surface area is 145 Å². The molecule has 4 atom stereocenters. The highest BCUT2D eigenvalue weighted by Crippen LogP contribution is 2.35.